The second-order valence-electron chi connectivity index (χ2n) is 7.15. The van der Waals surface area contributed by atoms with Crippen molar-refractivity contribution >= 4 is 23.4 Å². The molecule has 1 atom stereocenters. The number of benzene rings is 3. The van der Waals surface area contributed by atoms with E-state index in [0.717, 1.165) is 17.5 Å². The lowest BCUT2D eigenvalue weighted by atomic mass is 10.1. The summed E-state index contributed by atoms with van der Waals surface area (Å²) in [5, 5.41) is 10.3. The summed E-state index contributed by atoms with van der Waals surface area (Å²) in [4.78, 5) is 17.8. The van der Waals surface area contributed by atoms with Gasteiger partial charge in [-0.05, 0) is 29.7 Å². The molecule has 1 heterocycles. The molecule has 0 aliphatic rings. The minimum atomic E-state index is -0.520. The van der Waals surface area contributed by atoms with Crippen LogP contribution in [0.2, 0.25) is 0 Å². The van der Waals surface area contributed by atoms with Crippen LogP contribution in [0.5, 0.6) is 5.75 Å². The van der Waals surface area contributed by atoms with Crippen molar-refractivity contribution in [1.82, 2.24) is 15.2 Å². The average Bonchev–Trinajstić information content (AvgIpc) is 3.32. The van der Waals surface area contributed by atoms with Gasteiger partial charge in [0.15, 0.2) is 5.82 Å². The van der Waals surface area contributed by atoms with E-state index in [1.54, 1.807) is 13.2 Å². The Morgan fingerprint density at radius 2 is 1.84 bits per heavy atom. The van der Waals surface area contributed by atoms with Crippen LogP contribution in [0.25, 0.3) is 11.4 Å². The van der Waals surface area contributed by atoms with E-state index in [2.05, 4.69) is 39.6 Å². The lowest BCUT2D eigenvalue weighted by molar-refractivity contribution is -0.115. The van der Waals surface area contributed by atoms with E-state index in [1.165, 1.54) is 17.3 Å². The number of ether oxygens (including phenoxy) is 1. The average molecular weight is 445 g/mol. The first kappa shape index (κ1) is 21.6. The second-order valence-corrected chi connectivity index (χ2v) is 8.22. The molecule has 0 aliphatic heterocycles. The number of aryl methyl sites for hydroxylation is 1. The zero-order chi connectivity index (χ0) is 22.3. The van der Waals surface area contributed by atoms with Gasteiger partial charge >= 0.3 is 0 Å². The summed E-state index contributed by atoms with van der Waals surface area (Å²) in [5.74, 6) is 1.20. The number of aromatic nitrogens is 3. The molecule has 2 N–H and O–H groups in total. The Hall–Kier alpha value is -3.58. The molecule has 0 aliphatic carbocycles. The zero-order valence-electron chi connectivity index (χ0n) is 17.9. The van der Waals surface area contributed by atoms with Crippen molar-refractivity contribution in [1.29, 1.82) is 0 Å². The molecule has 0 unspecified atom stereocenters. The number of thioether (sulfide) groups is 1. The summed E-state index contributed by atoms with van der Waals surface area (Å²) in [6.45, 7) is 2.12. The third-order valence-corrected chi connectivity index (χ3v) is 6.12. The Labute approximate surface area is 191 Å². The Morgan fingerprint density at radius 3 is 2.56 bits per heavy atom. The molecule has 4 rings (SSSR count). The van der Waals surface area contributed by atoms with Gasteiger partial charge in [0.1, 0.15) is 11.0 Å². The Morgan fingerprint density at radius 1 is 1.06 bits per heavy atom. The fraction of sp³-hybridized carbons (Fsp3) is 0.160. The highest BCUT2D eigenvalue weighted by molar-refractivity contribution is 8.00. The number of carbonyl (C=O) groups is 1. The first-order chi connectivity index (χ1) is 15.7. The van der Waals surface area contributed by atoms with Crippen molar-refractivity contribution in [2.24, 2.45) is 0 Å². The first-order valence-corrected chi connectivity index (χ1v) is 11.2. The number of nitrogens with zero attached hydrogens (tertiary/aromatic N) is 2. The largest absolute Gasteiger partial charge is 0.497 e. The summed E-state index contributed by atoms with van der Waals surface area (Å²) in [6, 6.07) is 25.1. The van der Waals surface area contributed by atoms with Crippen LogP contribution in [0.1, 0.15) is 23.3 Å². The highest BCUT2D eigenvalue weighted by Crippen LogP contribution is 2.35. The van der Waals surface area contributed by atoms with E-state index in [0.29, 0.717) is 22.4 Å². The second kappa shape index (κ2) is 10.2. The Bertz CT molecular complexity index is 1180. The number of anilines is 1. The van der Waals surface area contributed by atoms with Gasteiger partial charge in [-0.1, -0.05) is 79.3 Å². The zero-order valence-corrected chi connectivity index (χ0v) is 18.7. The normalized spacial score (nSPS) is 11.7. The van der Waals surface area contributed by atoms with Crippen LogP contribution in [0.15, 0.2) is 84.0 Å². The topological polar surface area (TPSA) is 79.9 Å². The predicted molar refractivity (Wildman–Crippen MR) is 128 cm³/mol. The van der Waals surface area contributed by atoms with E-state index in [-0.39, 0.29) is 5.91 Å². The van der Waals surface area contributed by atoms with E-state index in [4.69, 9.17) is 4.74 Å². The van der Waals surface area contributed by atoms with Gasteiger partial charge in [-0.15, -0.1) is 5.10 Å². The number of aromatic amines is 1. The fourth-order valence-corrected chi connectivity index (χ4v) is 4.15. The molecule has 0 spiro atoms. The van der Waals surface area contributed by atoms with Crippen molar-refractivity contribution < 1.29 is 9.53 Å². The summed E-state index contributed by atoms with van der Waals surface area (Å²) in [5.41, 5.74) is 3.76. The summed E-state index contributed by atoms with van der Waals surface area (Å²) in [6.07, 6.45) is 0.985. The number of hydrogen-bond donors (Lipinski definition) is 2. The van der Waals surface area contributed by atoms with Gasteiger partial charge in [0.25, 0.3) is 0 Å². The molecule has 7 heteroatoms. The van der Waals surface area contributed by atoms with Gasteiger partial charge in [-0.25, -0.2) is 4.98 Å². The van der Waals surface area contributed by atoms with E-state index in [1.807, 2.05) is 60.7 Å². The number of methoxy groups -OCH3 is 1. The third-order valence-electron chi connectivity index (χ3n) is 5.00. The van der Waals surface area contributed by atoms with Crippen LogP contribution in [0, 0.1) is 0 Å². The van der Waals surface area contributed by atoms with Crippen molar-refractivity contribution in [3.63, 3.8) is 0 Å². The van der Waals surface area contributed by atoms with E-state index < -0.39 is 5.25 Å². The summed E-state index contributed by atoms with van der Waals surface area (Å²) >= 11 is 1.31. The molecule has 1 amide bonds. The third kappa shape index (κ3) is 5.18. The van der Waals surface area contributed by atoms with Gasteiger partial charge in [-0.3, -0.25) is 9.89 Å². The number of carbonyl (C=O) groups excluding carboxylic acids is 1. The van der Waals surface area contributed by atoms with Gasteiger partial charge in [0, 0.05) is 17.3 Å². The maximum atomic E-state index is 13.2. The molecule has 0 bridgehead atoms. The molecular weight excluding hydrogens is 420 g/mol. The van der Waals surface area contributed by atoms with Crippen LogP contribution in [-0.4, -0.2) is 28.2 Å². The van der Waals surface area contributed by atoms with E-state index in [9.17, 15) is 4.79 Å². The van der Waals surface area contributed by atoms with Crippen molar-refractivity contribution in [3.8, 4) is 17.1 Å². The molecule has 0 saturated carbocycles. The van der Waals surface area contributed by atoms with Gasteiger partial charge in [0.05, 0.1) is 7.11 Å². The molecule has 32 heavy (non-hydrogen) atoms. The van der Waals surface area contributed by atoms with Crippen LogP contribution in [0.4, 0.5) is 5.69 Å². The van der Waals surface area contributed by atoms with Gasteiger partial charge < -0.3 is 10.1 Å². The number of H-pyrrole nitrogens is 1. The first-order valence-electron chi connectivity index (χ1n) is 10.3. The number of hydrogen-bond acceptors (Lipinski definition) is 5. The molecule has 162 valence electrons. The highest BCUT2D eigenvalue weighted by Gasteiger charge is 2.24. The van der Waals surface area contributed by atoms with Gasteiger partial charge in [-0.2, -0.15) is 0 Å². The molecule has 0 radical (unpaired) electrons. The maximum Gasteiger partial charge on any atom is 0.242 e. The van der Waals surface area contributed by atoms with E-state index >= 15 is 0 Å². The Balaban J connectivity index is 1.56. The number of rotatable bonds is 8. The molecule has 4 aromatic rings. The molecule has 6 nitrogen and oxygen atoms in total. The summed E-state index contributed by atoms with van der Waals surface area (Å²) < 4.78 is 5.26. The lowest BCUT2D eigenvalue weighted by Crippen LogP contribution is -2.19. The lowest BCUT2D eigenvalue weighted by Gasteiger charge is -2.16. The summed E-state index contributed by atoms with van der Waals surface area (Å²) in [7, 11) is 1.60. The molecular formula is C25H24N4O2S. The minimum absolute atomic E-state index is 0.159. The SMILES string of the molecule is CCc1ccc(-c2nc(S[C@H](C(=O)Nc3cccc(OC)c3)c3ccccc3)n[nH]2)cc1. The van der Waals surface area contributed by atoms with Crippen LogP contribution < -0.4 is 10.1 Å². The smallest absolute Gasteiger partial charge is 0.242 e. The van der Waals surface area contributed by atoms with Crippen molar-refractivity contribution in [2.75, 3.05) is 12.4 Å². The van der Waals surface area contributed by atoms with Crippen molar-refractivity contribution in [2.45, 2.75) is 23.8 Å². The minimum Gasteiger partial charge on any atom is -0.497 e. The predicted octanol–water partition coefficient (Wildman–Crippen LogP) is 5.51. The number of amides is 1. The maximum absolute atomic E-state index is 13.2. The van der Waals surface area contributed by atoms with Gasteiger partial charge in [0.2, 0.25) is 11.1 Å². The highest BCUT2D eigenvalue weighted by atomic mass is 32.2. The monoisotopic (exact) mass is 444 g/mol. The molecule has 0 fully saturated rings. The standard InChI is InChI=1S/C25H24N4O2S/c1-3-17-12-14-19(15-13-17)23-27-25(29-28-23)32-22(18-8-5-4-6-9-18)24(30)26-20-10-7-11-21(16-20)31-2/h4-16,22H,3H2,1-2H3,(H,26,30)(H,27,28,29)/t22-/m0/s1. The Kier molecular flexibility index (Phi) is 6.87. The quantitative estimate of drug-likeness (QED) is 0.350. The van der Waals surface area contributed by atoms with Crippen molar-refractivity contribution in [3.05, 3.63) is 90.0 Å². The molecule has 1 aromatic heterocycles. The molecule has 3 aromatic carbocycles. The number of nitrogens with one attached hydrogen (secondary N) is 2. The van der Waals surface area contributed by atoms with Crippen LogP contribution >= 0.6 is 11.8 Å². The van der Waals surface area contributed by atoms with Crippen LogP contribution in [0.3, 0.4) is 0 Å². The van der Waals surface area contributed by atoms with Crippen LogP contribution in [-0.2, 0) is 11.2 Å². The molecule has 0 saturated heterocycles. The fourth-order valence-electron chi connectivity index (χ4n) is 3.24.